The van der Waals surface area contributed by atoms with Gasteiger partial charge in [-0.05, 0) is 67.4 Å². The van der Waals surface area contributed by atoms with Gasteiger partial charge in [0.1, 0.15) is 0 Å². The number of aromatic nitrogens is 3. The third-order valence-electron chi connectivity index (χ3n) is 10.2. The average Bonchev–Trinajstić information content (AvgIpc) is 3.43. The summed E-state index contributed by atoms with van der Waals surface area (Å²) < 4.78 is 0. The molecule has 1 heterocycles. The molecule has 0 spiro atoms. The molecule has 0 saturated carbocycles. The summed E-state index contributed by atoms with van der Waals surface area (Å²) in [5.74, 6) is 1.91. The lowest BCUT2D eigenvalue weighted by atomic mass is 9.81. The lowest BCUT2D eigenvalue weighted by molar-refractivity contribution is 0.660. The van der Waals surface area contributed by atoms with Gasteiger partial charge in [-0.2, -0.15) is 5.26 Å². The number of nitrogens with zero attached hydrogens (tertiary/aromatic N) is 4. The van der Waals surface area contributed by atoms with Crippen LogP contribution in [0.2, 0.25) is 0 Å². The van der Waals surface area contributed by atoms with Crippen LogP contribution in [0, 0.1) is 11.3 Å². The second-order valence-corrected chi connectivity index (χ2v) is 13.6. The van der Waals surface area contributed by atoms with Crippen LogP contribution in [0.1, 0.15) is 30.5 Å². The molecule has 4 heteroatoms. The van der Waals surface area contributed by atoms with Gasteiger partial charge >= 0.3 is 0 Å². The first-order chi connectivity index (χ1) is 25.0. The highest BCUT2D eigenvalue weighted by Crippen LogP contribution is 2.53. The van der Waals surface area contributed by atoms with E-state index in [1.54, 1.807) is 0 Å². The maximum atomic E-state index is 9.71. The Balaban J connectivity index is 1.21. The van der Waals surface area contributed by atoms with E-state index < -0.39 is 0 Å². The molecule has 0 N–H and O–H groups in total. The minimum Gasteiger partial charge on any atom is -0.208 e. The first-order valence-corrected chi connectivity index (χ1v) is 17.2. The summed E-state index contributed by atoms with van der Waals surface area (Å²) >= 11 is 0. The fourth-order valence-corrected chi connectivity index (χ4v) is 7.61. The summed E-state index contributed by atoms with van der Waals surface area (Å²) in [5, 5.41) is 12.1. The number of hydrogen-bond acceptors (Lipinski definition) is 4. The summed E-state index contributed by atoms with van der Waals surface area (Å²) in [6, 6.07) is 57.0. The van der Waals surface area contributed by atoms with Crippen molar-refractivity contribution >= 4 is 10.8 Å². The van der Waals surface area contributed by atoms with Gasteiger partial charge in [0, 0.05) is 22.1 Å². The molecular weight excluding hydrogens is 621 g/mol. The third-order valence-corrected chi connectivity index (χ3v) is 10.2. The minimum atomic E-state index is -0.228. The van der Waals surface area contributed by atoms with Crippen LogP contribution in [0.25, 0.3) is 78.3 Å². The molecule has 8 aromatic rings. The summed E-state index contributed by atoms with van der Waals surface area (Å²) in [4.78, 5) is 14.8. The number of rotatable bonds is 5. The van der Waals surface area contributed by atoms with Crippen LogP contribution >= 0.6 is 0 Å². The molecule has 1 aliphatic carbocycles. The molecule has 0 unspecified atom stereocenters. The zero-order valence-electron chi connectivity index (χ0n) is 28.3. The van der Waals surface area contributed by atoms with Crippen LogP contribution in [0.15, 0.2) is 158 Å². The molecule has 0 atom stereocenters. The van der Waals surface area contributed by atoms with E-state index in [0.717, 1.165) is 22.3 Å². The predicted octanol–water partition coefficient (Wildman–Crippen LogP) is 11.5. The Morgan fingerprint density at radius 3 is 1.65 bits per heavy atom. The molecule has 9 rings (SSSR count). The van der Waals surface area contributed by atoms with Gasteiger partial charge in [0.15, 0.2) is 17.5 Å². The van der Waals surface area contributed by atoms with Gasteiger partial charge in [0.25, 0.3) is 0 Å². The summed E-state index contributed by atoms with van der Waals surface area (Å²) in [6.07, 6.45) is 0. The van der Waals surface area contributed by atoms with E-state index in [1.807, 2.05) is 66.7 Å². The fraction of sp³-hybridized carbons (Fsp3) is 0.0638. The second kappa shape index (κ2) is 12.0. The Bertz CT molecular complexity index is 2600. The van der Waals surface area contributed by atoms with Crippen molar-refractivity contribution in [1.82, 2.24) is 15.0 Å². The summed E-state index contributed by atoms with van der Waals surface area (Å²) in [6.45, 7) is 4.52. The Morgan fingerprint density at radius 1 is 0.451 bits per heavy atom. The molecule has 7 aromatic carbocycles. The van der Waals surface area contributed by atoms with Crippen LogP contribution < -0.4 is 0 Å². The monoisotopic (exact) mass is 652 g/mol. The third kappa shape index (κ3) is 5.10. The minimum absolute atomic E-state index is 0.228. The van der Waals surface area contributed by atoms with E-state index in [4.69, 9.17) is 15.0 Å². The maximum Gasteiger partial charge on any atom is 0.164 e. The number of fused-ring (bicyclic) bond motifs is 4. The second-order valence-electron chi connectivity index (χ2n) is 13.6. The van der Waals surface area contributed by atoms with E-state index in [-0.39, 0.29) is 5.41 Å². The molecule has 4 nitrogen and oxygen atoms in total. The van der Waals surface area contributed by atoms with Crippen LogP contribution in [0.5, 0.6) is 0 Å². The van der Waals surface area contributed by atoms with Crippen molar-refractivity contribution in [3.63, 3.8) is 0 Å². The smallest absolute Gasteiger partial charge is 0.164 e. The van der Waals surface area contributed by atoms with Crippen molar-refractivity contribution in [1.29, 1.82) is 5.26 Å². The van der Waals surface area contributed by atoms with E-state index in [2.05, 4.69) is 111 Å². The first-order valence-electron chi connectivity index (χ1n) is 17.2. The molecule has 0 fully saturated rings. The molecule has 1 aliphatic rings. The molecule has 0 bridgehead atoms. The van der Waals surface area contributed by atoms with Gasteiger partial charge in [-0.3, -0.25) is 0 Å². The standard InChI is InChI=1S/C47H32N4/c1-47(2)40-19-11-18-37(43(40)39-26-20-30(29-48)28-41(39)47)38-27-25-31-12-9-10-17-36(31)42(38)32-21-23-35(24-22-32)46-50-44(33-13-5-3-6-14-33)49-45(51-46)34-15-7-4-8-16-34/h3-28H,1-2H3. The SMILES string of the molecule is CC1(C)c2cc(C#N)ccc2-c2c(-c3ccc4ccccc4c3-c3ccc(-c4nc(-c5ccccc5)nc(-c5ccccc5)n4)cc3)cccc21. The predicted molar refractivity (Wildman–Crippen MR) is 207 cm³/mol. The van der Waals surface area contributed by atoms with Gasteiger partial charge < -0.3 is 0 Å². The van der Waals surface area contributed by atoms with Gasteiger partial charge in [-0.1, -0.05) is 159 Å². The molecule has 0 radical (unpaired) electrons. The Hall–Kier alpha value is -6.70. The van der Waals surface area contributed by atoms with Gasteiger partial charge in [0.05, 0.1) is 11.6 Å². The van der Waals surface area contributed by atoms with Crippen molar-refractivity contribution in [3.8, 4) is 73.6 Å². The van der Waals surface area contributed by atoms with E-state index in [1.165, 1.54) is 49.7 Å². The molecule has 240 valence electrons. The van der Waals surface area contributed by atoms with Crippen molar-refractivity contribution < 1.29 is 0 Å². The van der Waals surface area contributed by atoms with Crippen LogP contribution in [0.4, 0.5) is 0 Å². The van der Waals surface area contributed by atoms with Crippen LogP contribution in [-0.4, -0.2) is 15.0 Å². The highest BCUT2D eigenvalue weighted by Gasteiger charge is 2.37. The lowest BCUT2D eigenvalue weighted by Crippen LogP contribution is -2.15. The summed E-state index contributed by atoms with van der Waals surface area (Å²) in [7, 11) is 0. The fourth-order valence-electron chi connectivity index (χ4n) is 7.61. The van der Waals surface area contributed by atoms with Gasteiger partial charge in [0.2, 0.25) is 0 Å². The zero-order chi connectivity index (χ0) is 34.5. The van der Waals surface area contributed by atoms with Gasteiger partial charge in [-0.15, -0.1) is 0 Å². The average molecular weight is 653 g/mol. The highest BCUT2D eigenvalue weighted by atomic mass is 15.0. The molecule has 0 saturated heterocycles. The Morgan fingerprint density at radius 2 is 1.00 bits per heavy atom. The Labute approximate surface area is 297 Å². The number of benzene rings is 7. The van der Waals surface area contributed by atoms with Crippen molar-refractivity contribution in [2.24, 2.45) is 0 Å². The maximum absolute atomic E-state index is 9.71. The normalized spacial score (nSPS) is 12.6. The van der Waals surface area contributed by atoms with E-state index in [9.17, 15) is 5.26 Å². The molecule has 0 amide bonds. The molecular formula is C47H32N4. The number of nitriles is 1. The lowest BCUT2D eigenvalue weighted by Gasteiger charge is -2.22. The van der Waals surface area contributed by atoms with Crippen molar-refractivity contribution in [2.75, 3.05) is 0 Å². The highest BCUT2D eigenvalue weighted by molar-refractivity contribution is 6.07. The Kier molecular flexibility index (Phi) is 7.15. The topological polar surface area (TPSA) is 62.5 Å². The zero-order valence-corrected chi connectivity index (χ0v) is 28.3. The number of hydrogen-bond donors (Lipinski definition) is 0. The quantitative estimate of drug-likeness (QED) is 0.186. The van der Waals surface area contributed by atoms with E-state index in [0.29, 0.717) is 23.0 Å². The largest absolute Gasteiger partial charge is 0.208 e. The molecule has 51 heavy (non-hydrogen) atoms. The van der Waals surface area contributed by atoms with Crippen LogP contribution in [0.3, 0.4) is 0 Å². The van der Waals surface area contributed by atoms with Crippen molar-refractivity contribution in [2.45, 2.75) is 19.3 Å². The molecule has 1 aromatic heterocycles. The molecule has 0 aliphatic heterocycles. The van der Waals surface area contributed by atoms with Crippen LogP contribution in [-0.2, 0) is 5.41 Å². The summed E-state index contributed by atoms with van der Waals surface area (Å²) in [5.41, 5.74) is 12.8. The van der Waals surface area contributed by atoms with Gasteiger partial charge in [-0.25, -0.2) is 15.0 Å². The first kappa shape index (κ1) is 30.4. The van der Waals surface area contributed by atoms with Crippen molar-refractivity contribution in [3.05, 3.63) is 174 Å². The van der Waals surface area contributed by atoms with E-state index >= 15 is 0 Å².